The third kappa shape index (κ3) is 4.19. The molecule has 5 nitrogen and oxygen atoms in total. The van der Waals surface area contributed by atoms with Crippen LogP contribution in [0.5, 0.6) is 5.75 Å². The van der Waals surface area contributed by atoms with E-state index >= 15 is 0 Å². The Morgan fingerprint density at radius 2 is 1.72 bits per heavy atom. The molecule has 0 atom stereocenters. The van der Waals surface area contributed by atoms with Crippen molar-refractivity contribution in [3.8, 4) is 5.75 Å². The van der Waals surface area contributed by atoms with Crippen LogP contribution in [-0.4, -0.2) is 17.6 Å². The predicted octanol–water partition coefficient (Wildman–Crippen LogP) is 4.47. The van der Waals surface area contributed by atoms with Crippen molar-refractivity contribution in [2.24, 2.45) is 0 Å². The van der Waals surface area contributed by atoms with E-state index in [4.69, 9.17) is 4.74 Å². The second kappa shape index (κ2) is 8.95. The number of ether oxygens (including phenoxy) is 1. The van der Waals surface area contributed by atoms with Crippen LogP contribution in [0, 0.1) is 6.92 Å². The fraction of sp³-hybridized carbons (Fsp3) is 0.333. The summed E-state index contributed by atoms with van der Waals surface area (Å²) in [4.78, 5) is 25.4. The van der Waals surface area contributed by atoms with Crippen molar-refractivity contribution in [2.45, 2.75) is 46.6 Å². The standard InChI is InChI=1S/C24H28N2O3/c1-5-17-9-7-10-18(6-2)23(17)25-21(27)13-14-26-22(28)15-16(3)19-11-8-12-20(29-4)24(19)26/h7-12,15H,5-6,13-14H2,1-4H3,(H,25,27). The fourth-order valence-corrected chi connectivity index (χ4v) is 3.78. The molecule has 2 aromatic carbocycles. The van der Waals surface area contributed by atoms with Crippen LogP contribution >= 0.6 is 0 Å². The van der Waals surface area contributed by atoms with Gasteiger partial charge in [-0.2, -0.15) is 0 Å². The normalized spacial score (nSPS) is 10.9. The van der Waals surface area contributed by atoms with Gasteiger partial charge in [-0.1, -0.05) is 44.2 Å². The third-order valence-electron chi connectivity index (χ3n) is 5.35. The molecule has 0 fully saturated rings. The zero-order chi connectivity index (χ0) is 21.0. The van der Waals surface area contributed by atoms with Crippen molar-refractivity contribution in [3.05, 3.63) is 69.5 Å². The number of nitrogens with one attached hydrogen (secondary N) is 1. The van der Waals surface area contributed by atoms with Crippen molar-refractivity contribution in [1.82, 2.24) is 4.57 Å². The molecule has 5 heteroatoms. The summed E-state index contributed by atoms with van der Waals surface area (Å²) in [7, 11) is 1.59. The van der Waals surface area contributed by atoms with Gasteiger partial charge in [0.05, 0.1) is 12.6 Å². The Morgan fingerprint density at radius 1 is 1.07 bits per heavy atom. The molecule has 29 heavy (non-hydrogen) atoms. The molecule has 0 spiro atoms. The van der Waals surface area contributed by atoms with E-state index in [2.05, 4.69) is 19.2 Å². The Labute approximate surface area is 171 Å². The molecule has 3 rings (SSSR count). The topological polar surface area (TPSA) is 60.3 Å². The van der Waals surface area contributed by atoms with Crippen LogP contribution in [-0.2, 0) is 24.2 Å². The Balaban J connectivity index is 1.89. The average Bonchev–Trinajstić information content (AvgIpc) is 2.73. The number of methoxy groups -OCH3 is 1. The number of amides is 1. The number of anilines is 1. The Kier molecular flexibility index (Phi) is 6.37. The molecule has 1 aromatic heterocycles. The van der Waals surface area contributed by atoms with Gasteiger partial charge < -0.3 is 14.6 Å². The maximum absolute atomic E-state index is 12.7. The van der Waals surface area contributed by atoms with Crippen LogP contribution < -0.4 is 15.6 Å². The molecule has 1 N–H and O–H groups in total. The van der Waals surface area contributed by atoms with Crippen LogP contribution in [0.15, 0.2) is 47.3 Å². The van der Waals surface area contributed by atoms with Crippen molar-refractivity contribution in [3.63, 3.8) is 0 Å². The number of carbonyl (C=O) groups excluding carboxylic acids is 1. The molecule has 0 aliphatic carbocycles. The number of hydrogen-bond acceptors (Lipinski definition) is 3. The summed E-state index contributed by atoms with van der Waals surface area (Å²) in [5.74, 6) is 0.532. The number of pyridine rings is 1. The number of nitrogens with zero attached hydrogens (tertiary/aromatic N) is 1. The minimum absolute atomic E-state index is 0.101. The Morgan fingerprint density at radius 3 is 2.34 bits per heavy atom. The van der Waals surface area contributed by atoms with Crippen LogP contribution in [0.2, 0.25) is 0 Å². The van der Waals surface area contributed by atoms with E-state index in [1.54, 1.807) is 17.7 Å². The van der Waals surface area contributed by atoms with E-state index in [9.17, 15) is 9.59 Å². The van der Waals surface area contributed by atoms with E-state index in [-0.39, 0.29) is 24.4 Å². The first kappa shape index (κ1) is 20.6. The molecule has 0 saturated heterocycles. The largest absolute Gasteiger partial charge is 0.495 e. The van der Waals surface area contributed by atoms with Gasteiger partial charge >= 0.3 is 0 Å². The summed E-state index contributed by atoms with van der Waals surface area (Å²) in [5, 5.41) is 4.03. The van der Waals surface area contributed by atoms with Gasteiger partial charge in [-0.3, -0.25) is 9.59 Å². The van der Waals surface area contributed by atoms with Gasteiger partial charge in [0.25, 0.3) is 5.56 Å². The van der Waals surface area contributed by atoms with Gasteiger partial charge in [-0.15, -0.1) is 0 Å². The molecule has 1 heterocycles. The summed E-state index contributed by atoms with van der Waals surface area (Å²) in [6.07, 6.45) is 1.91. The van der Waals surface area contributed by atoms with Gasteiger partial charge in [0.15, 0.2) is 0 Å². The predicted molar refractivity (Wildman–Crippen MR) is 118 cm³/mol. The second-order valence-corrected chi connectivity index (χ2v) is 7.13. The van der Waals surface area contributed by atoms with E-state index in [0.717, 1.165) is 46.1 Å². The van der Waals surface area contributed by atoms with Gasteiger partial charge in [0.2, 0.25) is 5.91 Å². The van der Waals surface area contributed by atoms with Crippen LogP contribution in [0.25, 0.3) is 10.9 Å². The zero-order valence-corrected chi connectivity index (χ0v) is 17.5. The molecular formula is C24H28N2O3. The van der Waals surface area contributed by atoms with Crippen LogP contribution in [0.1, 0.15) is 37.0 Å². The number of para-hydroxylation sites is 2. The van der Waals surface area contributed by atoms with Gasteiger partial charge in [0, 0.05) is 30.1 Å². The molecule has 0 radical (unpaired) electrons. The monoisotopic (exact) mass is 392 g/mol. The molecule has 0 aliphatic heterocycles. The van der Waals surface area contributed by atoms with Crippen molar-refractivity contribution in [2.75, 3.05) is 12.4 Å². The lowest BCUT2D eigenvalue weighted by Gasteiger charge is -2.16. The smallest absolute Gasteiger partial charge is 0.251 e. The van der Waals surface area contributed by atoms with Gasteiger partial charge in [0.1, 0.15) is 5.75 Å². The molecular weight excluding hydrogens is 364 g/mol. The first-order valence-corrected chi connectivity index (χ1v) is 10.1. The van der Waals surface area contributed by atoms with Gasteiger partial charge in [-0.25, -0.2) is 0 Å². The third-order valence-corrected chi connectivity index (χ3v) is 5.35. The molecule has 152 valence electrons. The summed E-state index contributed by atoms with van der Waals surface area (Å²) in [6, 6.07) is 13.4. The number of carbonyl (C=O) groups is 1. The number of benzene rings is 2. The summed E-state index contributed by atoms with van der Waals surface area (Å²) >= 11 is 0. The zero-order valence-electron chi connectivity index (χ0n) is 17.5. The van der Waals surface area contributed by atoms with E-state index in [1.165, 1.54) is 0 Å². The number of rotatable bonds is 7. The highest BCUT2D eigenvalue weighted by atomic mass is 16.5. The first-order chi connectivity index (χ1) is 14.0. The lowest BCUT2D eigenvalue weighted by molar-refractivity contribution is -0.116. The maximum atomic E-state index is 12.7. The summed E-state index contributed by atoms with van der Waals surface area (Å²) in [6.45, 7) is 6.36. The minimum Gasteiger partial charge on any atom is -0.495 e. The Bertz CT molecular complexity index is 1080. The summed E-state index contributed by atoms with van der Waals surface area (Å²) < 4.78 is 7.11. The molecule has 0 unspecified atom stereocenters. The highest BCUT2D eigenvalue weighted by Crippen LogP contribution is 2.27. The fourth-order valence-electron chi connectivity index (χ4n) is 3.78. The van der Waals surface area contributed by atoms with Crippen LogP contribution in [0.4, 0.5) is 5.69 Å². The molecule has 0 bridgehead atoms. The highest BCUT2D eigenvalue weighted by Gasteiger charge is 2.14. The number of hydrogen-bond donors (Lipinski definition) is 1. The quantitative estimate of drug-likeness (QED) is 0.645. The Hall–Kier alpha value is -3.08. The van der Waals surface area contributed by atoms with E-state index < -0.39 is 0 Å². The van der Waals surface area contributed by atoms with Crippen molar-refractivity contribution < 1.29 is 9.53 Å². The molecule has 0 saturated carbocycles. The maximum Gasteiger partial charge on any atom is 0.251 e. The highest BCUT2D eigenvalue weighted by molar-refractivity contribution is 5.93. The SMILES string of the molecule is CCc1cccc(CC)c1NC(=O)CCn1c(=O)cc(C)c2cccc(OC)c21. The molecule has 3 aromatic rings. The minimum atomic E-state index is -0.129. The van der Waals surface area contributed by atoms with Crippen LogP contribution in [0.3, 0.4) is 0 Å². The van der Waals surface area contributed by atoms with E-state index in [1.807, 2.05) is 43.3 Å². The lowest BCUT2D eigenvalue weighted by Crippen LogP contribution is -2.24. The number of fused-ring (bicyclic) bond motifs is 1. The number of aryl methyl sites for hydroxylation is 4. The number of aromatic nitrogens is 1. The van der Waals surface area contributed by atoms with E-state index in [0.29, 0.717) is 5.75 Å². The van der Waals surface area contributed by atoms with Crippen molar-refractivity contribution in [1.29, 1.82) is 0 Å². The first-order valence-electron chi connectivity index (χ1n) is 10.1. The second-order valence-electron chi connectivity index (χ2n) is 7.13. The average molecular weight is 392 g/mol. The molecule has 0 aliphatic rings. The molecule has 1 amide bonds. The van der Waals surface area contributed by atoms with Crippen molar-refractivity contribution >= 4 is 22.5 Å². The van der Waals surface area contributed by atoms with Gasteiger partial charge in [-0.05, 0) is 42.5 Å². The summed E-state index contributed by atoms with van der Waals surface area (Å²) in [5.41, 5.74) is 4.65. The lowest BCUT2D eigenvalue weighted by atomic mass is 10.0.